The second-order valence-corrected chi connectivity index (χ2v) is 6.76. The summed E-state index contributed by atoms with van der Waals surface area (Å²) < 4.78 is 21.4. The summed E-state index contributed by atoms with van der Waals surface area (Å²) in [6.45, 7) is 0. The monoisotopic (exact) mass is 283 g/mol. The topological polar surface area (TPSA) is 64.6 Å². The minimum absolute atomic E-state index is 0.00846. The molecular formula is C13H18NO4P. The van der Waals surface area contributed by atoms with Crippen molar-refractivity contribution in [1.82, 2.24) is 5.32 Å². The molecule has 1 unspecified atom stereocenters. The molecule has 1 atom stereocenters. The first kappa shape index (κ1) is 14.3. The third-order valence-electron chi connectivity index (χ3n) is 3.36. The maximum absolute atomic E-state index is 11.9. The molecule has 1 aliphatic rings. The molecule has 0 aliphatic heterocycles. The van der Waals surface area contributed by atoms with Crippen LogP contribution in [0, 0.1) is 0 Å². The molecule has 0 saturated heterocycles. The number of amides is 1. The Hall–Kier alpha value is -1.16. The van der Waals surface area contributed by atoms with E-state index in [1.807, 2.05) is 18.2 Å². The summed E-state index contributed by atoms with van der Waals surface area (Å²) in [7, 11) is -0.730. The van der Waals surface area contributed by atoms with E-state index in [2.05, 4.69) is 11.4 Å². The maximum Gasteiger partial charge on any atom is 0.339 e. The van der Waals surface area contributed by atoms with Gasteiger partial charge in [-0.25, -0.2) is 0 Å². The number of nitrogens with one attached hydrogen (secondary N) is 1. The number of aryl methyl sites for hydroxylation is 1. The Morgan fingerprint density at radius 2 is 2.05 bits per heavy atom. The molecule has 0 saturated carbocycles. The molecule has 2 rings (SSSR count). The molecule has 0 fully saturated rings. The van der Waals surface area contributed by atoms with Crippen molar-refractivity contribution in [1.29, 1.82) is 0 Å². The fourth-order valence-electron chi connectivity index (χ4n) is 2.33. The van der Waals surface area contributed by atoms with Gasteiger partial charge in [0.25, 0.3) is 0 Å². The Labute approximate surface area is 112 Å². The second kappa shape index (κ2) is 5.87. The van der Waals surface area contributed by atoms with E-state index in [0.29, 0.717) is 0 Å². The summed E-state index contributed by atoms with van der Waals surface area (Å²) in [5, 5.41) is 2.89. The normalized spacial score (nSPS) is 18.1. The highest BCUT2D eigenvalue weighted by Crippen LogP contribution is 2.46. The zero-order valence-corrected chi connectivity index (χ0v) is 12.0. The van der Waals surface area contributed by atoms with Crippen molar-refractivity contribution >= 4 is 13.5 Å². The van der Waals surface area contributed by atoms with Gasteiger partial charge in [-0.3, -0.25) is 9.36 Å². The van der Waals surface area contributed by atoms with Gasteiger partial charge in [0.1, 0.15) is 6.16 Å². The van der Waals surface area contributed by atoms with Crippen LogP contribution in [0.3, 0.4) is 0 Å². The minimum atomic E-state index is -3.29. The van der Waals surface area contributed by atoms with Gasteiger partial charge in [-0.1, -0.05) is 24.3 Å². The summed E-state index contributed by atoms with van der Waals surface area (Å²) in [5.41, 5.74) is 2.40. The lowest BCUT2D eigenvalue weighted by Gasteiger charge is -2.17. The lowest BCUT2D eigenvalue weighted by Crippen LogP contribution is -2.30. The Morgan fingerprint density at radius 1 is 1.37 bits per heavy atom. The van der Waals surface area contributed by atoms with E-state index in [0.717, 1.165) is 18.4 Å². The molecule has 0 heterocycles. The summed E-state index contributed by atoms with van der Waals surface area (Å²) in [4.78, 5) is 11.9. The summed E-state index contributed by atoms with van der Waals surface area (Å²) in [5.74, 6) is -0.311. The molecule has 1 aliphatic carbocycles. The van der Waals surface area contributed by atoms with Gasteiger partial charge < -0.3 is 14.4 Å². The molecule has 1 aromatic carbocycles. The van der Waals surface area contributed by atoms with E-state index in [1.165, 1.54) is 19.8 Å². The van der Waals surface area contributed by atoms with Crippen molar-refractivity contribution in [3.05, 3.63) is 35.4 Å². The highest BCUT2D eigenvalue weighted by atomic mass is 31.2. The first-order valence-electron chi connectivity index (χ1n) is 6.15. The van der Waals surface area contributed by atoms with Crippen LogP contribution in [0.25, 0.3) is 0 Å². The SMILES string of the molecule is COP(=O)(CC(=O)NC1CCc2ccccc21)OC. The first-order chi connectivity index (χ1) is 9.08. The van der Waals surface area contributed by atoms with E-state index >= 15 is 0 Å². The van der Waals surface area contributed by atoms with Crippen LogP contribution in [0.1, 0.15) is 23.6 Å². The van der Waals surface area contributed by atoms with E-state index in [4.69, 9.17) is 9.05 Å². The number of rotatable bonds is 5. The van der Waals surface area contributed by atoms with Crippen LogP contribution in [0.5, 0.6) is 0 Å². The smallest absolute Gasteiger partial charge is 0.339 e. The van der Waals surface area contributed by atoms with E-state index < -0.39 is 7.60 Å². The average Bonchev–Trinajstić information content (AvgIpc) is 2.82. The average molecular weight is 283 g/mol. The highest BCUT2D eigenvalue weighted by molar-refractivity contribution is 7.54. The number of carbonyl (C=O) groups is 1. The Kier molecular flexibility index (Phi) is 4.40. The standard InChI is InChI=1S/C13H18NO4P/c1-17-19(16,18-2)9-13(15)14-12-8-7-10-5-3-4-6-11(10)12/h3-6,12H,7-9H2,1-2H3,(H,14,15). The van der Waals surface area contributed by atoms with Gasteiger partial charge in [0.05, 0.1) is 6.04 Å². The quantitative estimate of drug-likeness (QED) is 0.842. The van der Waals surface area contributed by atoms with Crippen molar-refractivity contribution in [3.63, 3.8) is 0 Å². The molecule has 5 nitrogen and oxygen atoms in total. The van der Waals surface area contributed by atoms with Crippen molar-refractivity contribution in [2.24, 2.45) is 0 Å². The number of benzene rings is 1. The van der Waals surface area contributed by atoms with Gasteiger partial charge in [0.2, 0.25) is 5.91 Å². The Bertz CT molecular complexity index is 509. The number of carbonyl (C=O) groups excluding carboxylic acids is 1. The summed E-state index contributed by atoms with van der Waals surface area (Å²) in [6.07, 6.45) is 1.57. The maximum atomic E-state index is 11.9. The second-order valence-electron chi connectivity index (χ2n) is 4.49. The van der Waals surface area contributed by atoms with Crippen molar-refractivity contribution in [2.45, 2.75) is 18.9 Å². The van der Waals surface area contributed by atoms with Crippen LogP contribution >= 0.6 is 7.60 Å². The zero-order chi connectivity index (χ0) is 13.9. The van der Waals surface area contributed by atoms with Crippen LogP contribution in [0.4, 0.5) is 0 Å². The van der Waals surface area contributed by atoms with Crippen LogP contribution < -0.4 is 5.32 Å². The molecule has 1 N–H and O–H groups in total. The summed E-state index contributed by atoms with van der Waals surface area (Å²) in [6, 6.07) is 8.02. The Balaban J connectivity index is 2.00. The third kappa shape index (κ3) is 3.24. The highest BCUT2D eigenvalue weighted by Gasteiger charge is 2.29. The molecule has 0 aromatic heterocycles. The third-order valence-corrected chi connectivity index (χ3v) is 5.15. The van der Waals surface area contributed by atoms with E-state index in [9.17, 15) is 9.36 Å². The molecule has 19 heavy (non-hydrogen) atoms. The van der Waals surface area contributed by atoms with Crippen LogP contribution in [-0.2, 0) is 24.8 Å². The van der Waals surface area contributed by atoms with Gasteiger partial charge in [0.15, 0.2) is 0 Å². The number of hydrogen-bond acceptors (Lipinski definition) is 4. The molecule has 6 heteroatoms. The van der Waals surface area contributed by atoms with Gasteiger partial charge in [-0.05, 0) is 24.0 Å². The van der Waals surface area contributed by atoms with Gasteiger partial charge in [-0.15, -0.1) is 0 Å². The van der Waals surface area contributed by atoms with E-state index in [1.54, 1.807) is 0 Å². The fraction of sp³-hybridized carbons (Fsp3) is 0.462. The molecule has 0 radical (unpaired) electrons. The largest absolute Gasteiger partial charge is 0.349 e. The van der Waals surface area contributed by atoms with Crippen molar-refractivity contribution < 1.29 is 18.4 Å². The van der Waals surface area contributed by atoms with Gasteiger partial charge in [0, 0.05) is 14.2 Å². The van der Waals surface area contributed by atoms with Crippen LogP contribution in [-0.4, -0.2) is 26.3 Å². The first-order valence-corrected chi connectivity index (χ1v) is 7.88. The van der Waals surface area contributed by atoms with E-state index in [-0.39, 0.29) is 18.1 Å². The molecule has 104 valence electrons. The van der Waals surface area contributed by atoms with Gasteiger partial charge in [-0.2, -0.15) is 0 Å². The zero-order valence-electron chi connectivity index (χ0n) is 11.1. The predicted molar refractivity (Wildman–Crippen MR) is 72.1 cm³/mol. The molecule has 0 spiro atoms. The van der Waals surface area contributed by atoms with Crippen molar-refractivity contribution in [2.75, 3.05) is 20.4 Å². The number of fused-ring (bicyclic) bond motifs is 1. The van der Waals surface area contributed by atoms with Gasteiger partial charge >= 0.3 is 7.60 Å². The minimum Gasteiger partial charge on any atom is -0.349 e. The van der Waals surface area contributed by atoms with Crippen LogP contribution in [0.2, 0.25) is 0 Å². The van der Waals surface area contributed by atoms with Crippen LogP contribution in [0.15, 0.2) is 24.3 Å². The predicted octanol–water partition coefficient (Wildman–Crippen LogP) is 2.28. The molecule has 1 aromatic rings. The Morgan fingerprint density at radius 3 is 2.74 bits per heavy atom. The van der Waals surface area contributed by atoms with Crippen molar-refractivity contribution in [3.8, 4) is 0 Å². The lowest BCUT2D eigenvalue weighted by atomic mass is 10.1. The number of hydrogen-bond donors (Lipinski definition) is 1. The molecular weight excluding hydrogens is 265 g/mol. The molecule has 1 amide bonds. The summed E-state index contributed by atoms with van der Waals surface area (Å²) >= 11 is 0. The fourth-order valence-corrected chi connectivity index (χ4v) is 3.18. The lowest BCUT2D eigenvalue weighted by molar-refractivity contribution is -0.119. The molecule has 0 bridgehead atoms.